The van der Waals surface area contributed by atoms with Crippen LogP contribution in [0.2, 0.25) is 0 Å². The minimum atomic E-state index is 0.307. The fourth-order valence-electron chi connectivity index (χ4n) is 2.62. The Morgan fingerprint density at radius 3 is 2.48 bits per heavy atom. The van der Waals surface area contributed by atoms with E-state index in [2.05, 4.69) is 48.5 Å². The smallest absolute Gasteiger partial charge is 0.0998 e. The zero-order valence-electron chi connectivity index (χ0n) is 12.1. The number of nitriles is 1. The predicted octanol–water partition coefficient (Wildman–Crippen LogP) is 4.97. The highest BCUT2D eigenvalue weighted by molar-refractivity contribution is 7.10. The lowest BCUT2D eigenvalue weighted by atomic mass is 10.0. The number of rotatable bonds is 3. The molecule has 0 aliphatic heterocycles. The van der Waals surface area contributed by atoms with Gasteiger partial charge in [0.25, 0.3) is 0 Å². The molecule has 3 rings (SSSR count). The van der Waals surface area contributed by atoms with Gasteiger partial charge in [-0.1, -0.05) is 30.3 Å². The molecule has 0 spiro atoms. The first-order chi connectivity index (χ1) is 10.2. The molecule has 0 fully saturated rings. The van der Waals surface area contributed by atoms with Crippen molar-refractivity contribution in [3.8, 4) is 6.07 Å². The molecule has 0 amide bonds. The Hall–Kier alpha value is -2.31. The van der Waals surface area contributed by atoms with Crippen molar-refractivity contribution >= 4 is 27.8 Å². The summed E-state index contributed by atoms with van der Waals surface area (Å²) >= 11 is 1.77. The molecule has 2 aromatic carbocycles. The molecule has 1 unspecified atom stereocenters. The van der Waals surface area contributed by atoms with Crippen molar-refractivity contribution in [3.05, 3.63) is 64.4 Å². The van der Waals surface area contributed by atoms with E-state index in [1.165, 1.54) is 4.88 Å². The van der Waals surface area contributed by atoms with Gasteiger partial charge in [-0.3, -0.25) is 0 Å². The Kier molecular flexibility index (Phi) is 3.64. The minimum absolute atomic E-state index is 0.307. The van der Waals surface area contributed by atoms with Crippen LogP contribution in [0.15, 0.2) is 53.9 Å². The van der Waals surface area contributed by atoms with Gasteiger partial charge in [0.2, 0.25) is 0 Å². The van der Waals surface area contributed by atoms with Crippen molar-refractivity contribution in [2.24, 2.45) is 0 Å². The highest BCUT2D eigenvalue weighted by Gasteiger charge is 2.16. The summed E-state index contributed by atoms with van der Waals surface area (Å²) in [6.07, 6.45) is 0. The number of hydrogen-bond donors (Lipinski definition) is 0. The molecule has 104 valence electrons. The molecule has 3 heteroatoms. The molecular weight excluding hydrogens is 276 g/mol. The topological polar surface area (TPSA) is 27.0 Å². The van der Waals surface area contributed by atoms with Crippen molar-refractivity contribution in [2.75, 3.05) is 11.9 Å². The lowest BCUT2D eigenvalue weighted by Crippen LogP contribution is -2.21. The first-order valence-corrected chi connectivity index (χ1v) is 7.78. The Balaban J connectivity index is 2.11. The molecule has 21 heavy (non-hydrogen) atoms. The Bertz CT molecular complexity index is 800. The minimum Gasteiger partial charge on any atom is -0.367 e. The second-order valence-corrected chi connectivity index (χ2v) is 6.07. The first kappa shape index (κ1) is 13.7. The number of anilines is 1. The lowest BCUT2D eigenvalue weighted by molar-refractivity contribution is 0.757. The van der Waals surface area contributed by atoms with Gasteiger partial charge in [0, 0.05) is 28.4 Å². The highest BCUT2D eigenvalue weighted by Crippen LogP contribution is 2.34. The molecular formula is C18H16N2S. The van der Waals surface area contributed by atoms with E-state index in [1.807, 2.05) is 30.3 Å². The third-order valence-corrected chi connectivity index (χ3v) is 4.98. The van der Waals surface area contributed by atoms with Gasteiger partial charge in [0.15, 0.2) is 0 Å². The molecule has 1 heterocycles. The van der Waals surface area contributed by atoms with Gasteiger partial charge in [0.1, 0.15) is 0 Å². The van der Waals surface area contributed by atoms with Gasteiger partial charge in [-0.15, -0.1) is 11.3 Å². The fraction of sp³-hybridized carbons (Fsp3) is 0.167. The van der Waals surface area contributed by atoms with E-state index in [0.29, 0.717) is 6.04 Å². The monoisotopic (exact) mass is 292 g/mol. The summed E-state index contributed by atoms with van der Waals surface area (Å²) < 4.78 is 0. The maximum absolute atomic E-state index is 9.26. The number of thiophene rings is 1. The van der Waals surface area contributed by atoms with E-state index >= 15 is 0 Å². The molecule has 2 nitrogen and oxygen atoms in total. The molecule has 3 aromatic rings. The van der Waals surface area contributed by atoms with Crippen molar-refractivity contribution < 1.29 is 0 Å². The summed E-state index contributed by atoms with van der Waals surface area (Å²) in [5, 5.41) is 13.5. The van der Waals surface area contributed by atoms with Gasteiger partial charge >= 0.3 is 0 Å². The van der Waals surface area contributed by atoms with Gasteiger partial charge in [-0.2, -0.15) is 5.26 Å². The van der Waals surface area contributed by atoms with Gasteiger partial charge in [0.05, 0.1) is 17.7 Å². The van der Waals surface area contributed by atoms with Gasteiger partial charge in [-0.25, -0.2) is 0 Å². The van der Waals surface area contributed by atoms with Crippen LogP contribution < -0.4 is 4.90 Å². The molecule has 0 aliphatic rings. The van der Waals surface area contributed by atoms with Gasteiger partial charge < -0.3 is 4.90 Å². The first-order valence-electron chi connectivity index (χ1n) is 6.90. The Labute approximate surface area is 128 Å². The van der Waals surface area contributed by atoms with Crippen LogP contribution in [0.1, 0.15) is 23.4 Å². The summed E-state index contributed by atoms with van der Waals surface area (Å²) in [5.41, 5.74) is 1.89. The van der Waals surface area contributed by atoms with Crippen LogP contribution in [-0.4, -0.2) is 7.05 Å². The molecule has 0 saturated carbocycles. The van der Waals surface area contributed by atoms with E-state index in [9.17, 15) is 5.26 Å². The summed E-state index contributed by atoms with van der Waals surface area (Å²) in [5.74, 6) is 0. The Morgan fingerprint density at radius 1 is 1.05 bits per heavy atom. The van der Waals surface area contributed by atoms with Crippen LogP contribution in [-0.2, 0) is 0 Å². The lowest BCUT2D eigenvalue weighted by Gasteiger charge is -2.27. The predicted molar refractivity (Wildman–Crippen MR) is 89.8 cm³/mol. The highest BCUT2D eigenvalue weighted by atomic mass is 32.1. The third kappa shape index (κ3) is 2.39. The van der Waals surface area contributed by atoms with E-state index in [1.54, 1.807) is 11.3 Å². The second-order valence-electron chi connectivity index (χ2n) is 5.09. The standard InChI is InChI=1S/C18H16N2S/c1-13(18-8-5-11-21-18)20(2)17-10-9-14(12-19)15-6-3-4-7-16(15)17/h3-11,13H,1-2H3. The molecule has 0 N–H and O–H groups in total. The number of hydrogen-bond acceptors (Lipinski definition) is 3. The largest absolute Gasteiger partial charge is 0.367 e. The fourth-order valence-corrected chi connectivity index (χ4v) is 3.44. The van der Waals surface area contributed by atoms with E-state index in [0.717, 1.165) is 22.0 Å². The molecule has 0 aliphatic carbocycles. The molecule has 0 radical (unpaired) electrons. The molecule has 1 aromatic heterocycles. The van der Waals surface area contributed by atoms with Crippen molar-refractivity contribution in [1.82, 2.24) is 0 Å². The zero-order valence-corrected chi connectivity index (χ0v) is 12.9. The molecule has 0 bridgehead atoms. The normalized spacial score (nSPS) is 12.0. The summed E-state index contributed by atoms with van der Waals surface area (Å²) in [4.78, 5) is 3.61. The third-order valence-electron chi connectivity index (χ3n) is 3.94. The van der Waals surface area contributed by atoms with Crippen LogP contribution in [0.3, 0.4) is 0 Å². The van der Waals surface area contributed by atoms with Crippen LogP contribution in [0.25, 0.3) is 10.8 Å². The summed E-state index contributed by atoms with van der Waals surface area (Å²) in [6, 6.07) is 18.9. The maximum atomic E-state index is 9.26. The van der Waals surface area contributed by atoms with E-state index in [-0.39, 0.29) is 0 Å². The average molecular weight is 292 g/mol. The average Bonchev–Trinajstić information content (AvgIpc) is 3.07. The van der Waals surface area contributed by atoms with Crippen LogP contribution >= 0.6 is 11.3 Å². The SMILES string of the molecule is CC(c1cccs1)N(C)c1ccc(C#N)c2ccccc12. The van der Waals surface area contributed by atoms with Crippen molar-refractivity contribution in [1.29, 1.82) is 5.26 Å². The van der Waals surface area contributed by atoms with E-state index < -0.39 is 0 Å². The summed E-state index contributed by atoms with van der Waals surface area (Å²) in [7, 11) is 2.11. The molecule has 0 saturated heterocycles. The maximum Gasteiger partial charge on any atom is 0.0998 e. The van der Waals surface area contributed by atoms with E-state index in [4.69, 9.17) is 0 Å². The summed E-state index contributed by atoms with van der Waals surface area (Å²) in [6.45, 7) is 2.21. The van der Waals surface area contributed by atoms with Crippen molar-refractivity contribution in [3.63, 3.8) is 0 Å². The Morgan fingerprint density at radius 2 is 1.81 bits per heavy atom. The van der Waals surface area contributed by atoms with Crippen LogP contribution in [0, 0.1) is 11.3 Å². The number of fused-ring (bicyclic) bond motifs is 1. The number of nitrogens with zero attached hydrogens (tertiary/aromatic N) is 2. The quantitative estimate of drug-likeness (QED) is 0.681. The van der Waals surface area contributed by atoms with Gasteiger partial charge in [-0.05, 0) is 30.5 Å². The number of benzene rings is 2. The van der Waals surface area contributed by atoms with Crippen LogP contribution in [0.5, 0.6) is 0 Å². The zero-order chi connectivity index (χ0) is 14.8. The molecule has 1 atom stereocenters. The van der Waals surface area contributed by atoms with Crippen LogP contribution in [0.4, 0.5) is 5.69 Å². The van der Waals surface area contributed by atoms with Crippen molar-refractivity contribution in [2.45, 2.75) is 13.0 Å². The second kappa shape index (κ2) is 5.59.